The molecule has 1 aliphatic heterocycles. The Morgan fingerprint density at radius 2 is 1.96 bits per heavy atom. The summed E-state index contributed by atoms with van der Waals surface area (Å²) in [5, 5.41) is 10.5. The molecule has 0 fully saturated rings. The van der Waals surface area contributed by atoms with E-state index < -0.39 is 5.60 Å². The van der Waals surface area contributed by atoms with Crippen molar-refractivity contribution in [2.45, 2.75) is 38.8 Å². The second-order valence-electron chi connectivity index (χ2n) is 7.34. The van der Waals surface area contributed by atoms with Gasteiger partial charge in [-0.05, 0) is 62.6 Å². The van der Waals surface area contributed by atoms with Gasteiger partial charge in [0.2, 0.25) is 0 Å². The maximum atomic E-state index is 12.9. The molecule has 1 N–H and O–H groups in total. The molecule has 3 rings (SSSR count). The van der Waals surface area contributed by atoms with Gasteiger partial charge in [-0.15, -0.1) is 0 Å². The fourth-order valence-electron chi connectivity index (χ4n) is 2.98. The van der Waals surface area contributed by atoms with Crippen LogP contribution in [0.2, 0.25) is 5.02 Å². The van der Waals surface area contributed by atoms with Crippen LogP contribution >= 0.6 is 11.6 Å². The van der Waals surface area contributed by atoms with Crippen molar-refractivity contribution in [1.29, 1.82) is 0 Å². The van der Waals surface area contributed by atoms with Gasteiger partial charge in [-0.2, -0.15) is 0 Å². The first-order valence-corrected chi connectivity index (χ1v) is 9.21. The minimum Gasteiger partial charge on any atom is -0.491 e. The van der Waals surface area contributed by atoms with Crippen LogP contribution in [0.15, 0.2) is 42.5 Å². The molecule has 0 saturated heterocycles. The maximum absolute atomic E-state index is 12.9. The molecule has 0 bridgehead atoms. The second kappa shape index (κ2) is 7.68. The monoisotopic (exact) mass is 373 g/mol. The Bertz CT molecular complexity index is 781. The van der Waals surface area contributed by atoms with Crippen molar-refractivity contribution < 1.29 is 14.6 Å². The van der Waals surface area contributed by atoms with Gasteiger partial charge in [0, 0.05) is 22.7 Å². The Morgan fingerprint density at radius 1 is 1.23 bits per heavy atom. The van der Waals surface area contributed by atoms with Crippen molar-refractivity contribution in [2.75, 3.05) is 13.2 Å². The number of amides is 1. The van der Waals surface area contributed by atoms with E-state index in [9.17, 15) is 9.90 Å². The van der Waals surface area contributed by atoms with Crippen molar-refractivity contribution in [1.82, 2.24) is 4.90 Å². The van der Waals surface area contributed by atoms with Crippen LogP contribution in [0.3, 0.4) is 0 Å². The van der Waals surface area contributed by atoms with Crippen LogP contribution in [0.5, 0.6) is 5.75 Å². The Morgan fingerprint density at radius 3 is 2.65 bits per heavy atom. The number of carbonyl (C=O) groups excluding carboxylic acids is 1. The van der Waals surface area contributed by atoms with E-state index in [4.69, 9.17) is 16.3 Å². The zero-order valence-corrected chi connectivity index (χ0v) is 15.9. The molecule has 26 heavy (non-hydrogen) atoms. The molecule has 1 heterocycles. The highest BCUT2D eigenvalue weighted by Crippen LogP contribution is 2.27. The third-order valence-corrected chi connectivity index (χ3v) is 4.75. The first-order chi connectivity index (χ1) is 12.3. The third kappa shape index (κ3) is 4.77. The largest absolute Gasteiger partial charge is 0.491 e. The summed E-state index contributed by atoms with van der Waals surface area (Å²) in [6.07, 6.45) is 1.46. The summed E-state index contributed by atoms with van der Waals surface area (Å²) in [5.74, 6) is 0.766. The predicted octanol–water partition coefficient (Wildman–Crippen LogP) is 4.08. The first-order valence-electron chi connectivity index (χ1n) is 8.84. The molecule has 5 heteroatoms. The van der Waals surface area contributed by atoms with Crippen LogP contribution in [0.25, 0.3) is 0 Å². The number of rotatable bonds is 4. The molecule has 0 atom stereocenters. The van der Waals surface area contributed by atoms with Crippen LogP contribution in [0, 0.1) is 0 Å². The fourth-order valence-corrected chi connectivity index (χ4v) is 3.18. The van der Waals surface area contributed by atoms with Gasteiger partial charge in [-0.25, -0.2) is 0 Å². The zero-order valence-electron chi connectivity index (χ0n) is 15.2. The molecule has 1 aliphatic rings. The Kier molecular flexibility index (Phi) is 5.54. The lowest BCUT2D eigenvalue weighted by molar-refractivity contribution is 0.0710. The number of halogens is 1. The van der Waals surface area contributed by atoms with Crippen molar-refractivity contribution in [3.63, 3.8) is 0 Å². The molecule has 2 aromatic carbocycles. The summed E-state index contributed by atoms with van der Waals surface area (Å²) >= 11 is 6.08. The molecule has 0 spiro atoms. The Hall–Kier alpha value is -2.04. The van der Waals surface area contributed by atoms with Gasteiger partial charge >= 0.3 is 0 Å². The SMILES string of the molecule is CC(C)(O)CCc1ccc(C(=O)N2CCOc3ccc(Cl)cc3C2)cc1. The van der Waals surface area contributed by atoms with Crippen LogP contribution in [0.4, 0.5) is 0 Å². The van der Waals surface area contributed by atoms with E-state index in [0.29, 0.717) is 36.7 Å². The maximum Gasteiger partial charge on any atom is 0.254 e. The van der Waals surface area contributed by atoms with E-state index in [1.807, 2.05) is 36.4 Å². The number of carbonyl (C=O) groups is 1. The lowest BCUT2D eigenvalue weighted by atomic mass is 9.98. The minimum absolute atomic E-state index is 0.0181. The molecule has 2 aromatic rings. The highest BCUT2D eigenvalue weighted by atomic mass is 35.5. The zero-order chi connectivity index (χ0) is 18.7. The summed E-state index contributed by atoms with van der Waals surface area (Å²) in [4.78, 5) is 14.7. The lowest BCUT2D eigenvalue weighted by Crippen LogP contribution is -2.32. The smallest absolute Gasteiger partial charge is 0.254 e. The number of aryl methyl sites for hydroxylation is 1. The molecule has 1 amide bonds. The Labute approximate surface area is 159 Å². The lowest BCUT2D eigenvalue weighted by Gasteiger charge is -2.20. The number of hydrogen-bond acceptors (Lipinski definition) is 3. The van der Waals surface area contributed by atoms with Crippen LogP contribution < -0.4 is 4.74 Å². The molecule has 0 unspecified atom stereocenters. The topological polar surface area (TPSA) is 49.8 Å². The van der Waals surface area contributed by atoms with Gasteiger partial charge in [0.15, 0.2) is 0 Å². The molecular weight excluding hydrogens is 350 g/mol. The molecule has 0 saturated carbocycles. The van der Waals surface area contributed by atoms with E-state index in [-0.39, 0.29) is 5.91 Å². The summed E-state index contributed by atoms with van der Waals surface area (Å²) in [6.45, 7) is 5.08. The van der Waals surface area contributed by atoms with E-state index in [0.717, 1.165) is 23.3 Å². The van der Waals surface area contributed by atoms with E-state index in [1.165, 1.54) is 0 Å². The summed E-state index contributed by atoms with van der Waals surface area (Å²) in [6, 6.07) is 13.1. The quantitative estimate of drug-likeness (QED) is 0.878. The number of fused-ring (bicyclic) bond motifs is 1. The number of benzene rings is 2. The number of nitrogens with zero attached hydrogens (tertiary/aromatic N) is 1. The number of hydrogen-bond donors (Lipinski definition) is 1. The average Bonchev–Trinajstić information content (AvgIpc) is 2.81. The molecule has 138 valence electrons. The molecular formula is C21H24ClNO3. The standard InChI is InChI=1S/C21H24ClNO3/c1-21(2,25)10-9-15-3-5-16(6-4-15)20(24)23-11-12-26-19-8-7-18(22)13-17(19)14-23/h3-8,13,25H,9-12,14H2,1-2H3. The molecule has 0 radical (unpaired) electrons. The highest BCUT2D eigenvalue weighted by molar-refractivity contribution is 6.30. The highest BCUT2D eigenvalue weighted by Gasteiger charge is 2.21. The minimum atomic E-state index is -0.685. The Balaban J connectivity index is 1.70. The van der Waals surface area contributed by atoms with Crippen molar-refractivity contribution >= 4 is 17.5 Å². The van der Waals surface area contributed by atoms with Crippen LogP contribution in [-0.4, -0.2) is 34.7 Å². The average molecular weight is 374 g/mol. The van der Waals surface area contributed by atoms with Crippen molar-refractivity contribution in [3.05, 3.63) is 64.2 Å². The molecule has 0 aromatic heterocycles. The summed E-state index contributed by atoms with van der Waals surface area (Å²) < 4.78 is 5.73. The van der Waals surface area contributed by atoms with Gasteiger partial charge in [-0.1, -0.05) is 23.7 Å². The summed E-state index contributed by atoms with van der Waals surface area (Å²) in [5.41, 5.74) is 2.00. The van der Waals surface area contributed by atoms with E-state index >= 15 is 0 Å². The molecule has 4 nitrogen and oxygen atoms in total. The first kappa shape index (κ1) is 18.7. The fraction of sp³-hybridized carbons (Fsp3) is 0.381. The number of aliphatic hydroxyl groups is 1. The second-order valence-corrected chi connectivity index (χ2v) is 7.77. The molecule has 0 aliphatic carbocycles. The van der Waals surface area contributed by atoms with Gasteiger partial charge in [-0.3, -0.25) is 4.79 Å². The normalized spacial score (nSPS) is 14.4. The van der Waals surface area contributed by atoms with Crippen molar-refractivity contribution in [2.24, 2.45) is 0 Å². The van der Waals surface area contributed by atoms with Crippen LogP contribution in [0.1, 0.15) is 41.8 Å². The predicted molar refractivity (Wildman–Crippen MR) is 103 cm³/mol. The van der Waals surface area contributed by atoms with E-state index in [2.05, 4.69) is 0 Å². The van der Waals surface area contributed by atoms with Crippen LogP contribution in [-0.2, 0) is 13.0 Å². The summed E-state index contributed by atoms with van der Waals surface area (Å²) in [7, 11) is 0. The van der Waals surface area contributed by atoms with Gasteiger partial charge < -0.3 is 14.7 Å². The van der Waals surface area contributed by atoms with Gasteiger partial charge in [0.1, 0.15) is 12.4 Å². The van der Waals surface area contributed by atoms with Gasteiger partial charge in [0.05, 0.1) is 12.1 Å². The van der Waals surface area contributed by atoms with E-state index in [1.54, 1.807) is 24.8 Å². The van der Waals surface area contributed by atoms with Gasteiger partial charge in [0.25, 0.3) is 5.91 Å². The van der Waals surface area contributed by atoms with Crippen molar-refractivity contribution in [3.8, 4) is 5.75 Å². The third-order valence-electron chi connectivity index (χ3n) is 4.52. The number of ether oxygens (including phenoxy) is 1.